The van der Waals surface area contributed by atoms with Gasteiger partial charge in [0.25, 0.3) is 0 Å². The summed E-state index contributed by atoms with van der Waals surface area (Å²) < 4.78 is 0. The lowest BCUT2D eigenvalue weighted by atomic mass is 10.00. The molecular formula is C18H20N2O2. The smallest absolute Gasteiger partial charge is 0.240 e. The van der Waals surface area contributed by atoms with Crippen molar-refractivity contribution < 1.29 is 9.59 Å². The maximum Gasteiger partial charge on any atom is 0.240 e. The van der Waals surface area contributed by atoms with Crippen LogP contribution in [-0.2, 0) is 9.59 Å². The number of rotatable bonds is 4. The lowest BCUT2D eigenvalue weighted by Crippen LogP contribution is -2.38. The molecule has 0 unspecified atom stereocenters. The summed E-state index contributed by atoms with van der Waals surface area (Å²) in [7, 11) is 0. The molecular weight excluding hydrogens is 276 g/mol. The number of fused-ring (bicyclic) bond motifs is 1. The van der Waals surface area contributed by atoms with E-state index in [-0.39, 0.29) is 24.4 Å². The Hall–Kier alpha value is -2.36. The summed E-state index contributed by atoms with van der Waals surface area (Å²) in [5.74, 6) is -0.0244. The maximum atomic E-state index is 12.2. The van der Waals surface area contributed by atoms with Crippen LogP contribution in [-0.4, -0.2) is 29.8 Å². The van der Waals surface area contributed by atoms with Crippen molar-refractivity contribution in [3.63, 3.8) is 0 Å². The Morgan fingerprint density at radius 3 is 2.77 bits per heavy atom. The Morgan fingerprint density at radius 1 is 1.23 bits per heavy atom. The van der Waals surface area contributed by atoms with Gasteiger partial charge in [-0.05, 0) is 29.7 Å². The molecule has 4 heteroatoms. The minimum Gasteiger partial charge on any atom is -0.348 e. The van der Waals surface area contributed by atoms with E-state index in [9.17, 15) is 9.59 Å². The Kier molecular flexibility index (Phi) is 4.09. The van der Waals surface area contributed by atoms with Crippen molar-refractivity contribution in [3.05, 3.63) is 48.0 Å². The van der Waals surface area contributed by atoms with Crippen LogP contribution in [0.2, 0.25) is 0 Å². The summed E-state index contributed by atoms with van der Waals surface area (Å²) >= 11 is 0. The SMILES string of the molecule is C[C@@H](NC(=O)CN1CCCC1=O)c1cccc2ccccc12. The minimum atomic E-state index is -0.101. The second kappa shape index (κ2) is 6.18. The van der Waals surface area contributed by atoms with E-state index in [0.717, 1.165) is 22.8 Å². The first-order valence-electron chi connectivity index (χ1n) is 7.70. The number of carbonyl (C=O) groups is 2. The number of nitrogens with one attached hydrogen (secondary N) is 1. The predicted octanol–water partition coefficient (Wildman–Crippen LogP) is 2.64. The molecule has 1 saturated heterocycles. The van der Waals surface area contributed by atoms with Crippen molar-refractivity contribution >= 4 is 22.6 Å². The van der Waals surface area contributed by atoms with Gasteiger partial charge in [-0.1, -0.05) is 42.5 Å². The van der Waals surface area contributed by atoms with Crippen LogP contribution in [0.15, 0.2) is 42.5 Å². The zero-order valence-corrected chi connectivity index (χ0v) is 12.7. The molecule has 1 N–H and O–H groups in total. The highest BCUT2D eigenvalue weighted by Crippen LogP contribution is 2.24. The topological polar surface area (TPSA) is 49.4 Å². The summed E-state index contributed by atoms with van der Waals surface area (Å²) in [6, 6.07) is 14.2. The van der Waals surface area contributed by atoms with Crippen molar-refractivity contribution in [1.82, 2.24) is 10.2 Å². The van der Waals surface area contributed by atoms with Crippen LogP contribution in [0.25, 0.3) is 10.8 Å². The average Bonchev–Trinajstić information content (AvgIpc) is 2.91. The lowest BCUT2D eigenvalue weighted by Gasteiger charge is -2.19. The molecule has 1 fully saturated rings. The molecule has 2 amide bonds. The van der Waals surface area contributed by atoms with Crippen LogP contribution < -0.4 is 5.32 Å². The van der Waals surface area contributed by atoms with Crippen LogP contribution in [0.4, 0.5) is 0 Å². The fourth-order valence-corrected chi connectivity index (χ4v) is 3.04. The van der Waals surface area contributed by atoms with Gasteiger partial charge < -0.3 is 10.2 Å². The van der Waals surface area contributed by atoms with Crippen molar-refractivity contribution in [2.24, 2.45) is 0 Å². The van der Waals surface area contributed by atoms with Gasteiger partial charge in [0.05, 0.1) is 12.6 Å². The van der Waals surface area contributed by atoms with Crippen molar-refractivity contribution in [1.29, 1.82) is 0 Å². The quantitative estimate of drug-likeness (QED) is 0.943. The van der Waals surface area contributed by atoms with E-state index in [0.29, 0.717) is 13.0 Å². The van der Waals surface area contributed by atoms with Crippen LogP contribution >= 0.6 is 0 Å². The van der Waals surface area contributed by atoms with Gasteiger partial charge >= 0.3 is 0 Å². The van der Waals surface area contributed by atoms with Crippen molar-refractivity contribution in [2.45, 2.75) is 25.8 Å². The zero-order valence-electron chi connectivity index (χ0n) is 12.7. The van der Waals surface area contributed by atoms with Gasteiger partial charge in [-0.25, -0.2) is 0 Å². The second-order valence-corrected chi connectivity index (χ2v) is 5.78. The Bertz CT molecular complexity index is 706. The van der Waals surface area contributed by atoms with Gasteiger partial charge in [0.15, 0.2) is 0 Å². The van der Waals surface area contributed by atoms with E-state index >= 15 is 0 Å². The normalized spacial score (nSPS) is 16.0. The Labute approximate surface area is 130 Å². The van der Waals surface area contributed by atoms with Crippen LogP contribution in [0, 0.1) is 0 Å². The summed E-state index contributed by atoms with van der Waals surface area (Å²) in [6.45, 7) is 2.83. The third-order valence-electron chi connectivity index (χ3n) is 4.17. The summed E-state index contributed by atoms with van der Waals surface area (Å²) in [5.41, 5.74) is 1.10. The first-order chi connectivity index (χ1) is 10.6. The third-order valence-corrected chi connectivity index (χ3v) is 4.17. The number of likely N-dealkylation sites (tertiary alicyclic amines) is 1. The first-order valence-corrected chi connectivity index (χ1v) is 7.70. The molecule has 1 aliphatic heterocycles. The number of hydrogen-bond donors (Lipinski definition) is 1. The lowest BCUT2D eigenvalue weighted by molar-refractivity contribution is -0.133. The highest BCUT2D eigenvalue weighted by Gasteiger charge is 2.23. The summed E-state index contributed by atoms with van der Waals surface area (Å²) in [5, 5.41) is 5.31. The van der Waals surface area contributed by atoms with Gasteiger partial charge in [-0.3, -0.25) is 9.59 Å². The number of carbonyl (C=O) groups excluding carboxylic acids is 2. The van der Waals surface area contributed by atoms with E-state index in [1.54, 1.807) is 4.90 Å². The number of nitrogens with zero attached hydrogens (tertiary/aromatic N) is 1. The molecule has 114 valence electrons. The molecule has 0 saturated carbocycles. The van der Waals surface area contributed by atoms with E-state index in [2.05, 4.69) is 23.5 Å². The molecule has 0 aliphatic carbocycles. The van der Waals surface area contributed by atoms with Gasteiger partial charge in [-0.15, -0.1) is 0 Å². The minimum absolute atomic E-state index is 0.0768. The maximum absolute atomic E-state index is 12.2. The van der Waals surface area contributed by atoms with E-state index in [4.69, 9.17) is 0 Å². The van der Waals surface area contributed by atoms with Gasteiger partial charge in [-0.2, -0.15) is 0 Å². The molecule has 1 aliphatic rings. The van der Waals surface area contributed by atoms with Crippen molar-refractivity contribution in [2.75, 3.05) is 13.1 Å². The molecule has 0 radical (unpaired) electrons. The van der Waals surface area contributed by atoms with E-state index in [1.165, 1.54) is 0 Å². The molecule has 3 rings (SSSR count). The monoisotopic (exact) mass is 296 g/mol. The molecule has 2 aromatic rings. The van der Waals surface area contributed by atoms with Crippen LogP contribution in [0.3, 0.4) is 0 Å². The molecule has 4 nitrogen and oxygen atoms in total. The number of amides is 2. The first kappa shape index (κ1) is 14.6. The second-order valence-electron chi connectivity index (χ2n) is 5.78. The molecule has 0 spiro atoms. The molecule has 22 heavy (non-hydrogen) atoms. The average molecular weight is 296 g/mol. The summed E-state index contributed by atoms with van der Waals surface area (Å²) in [4.78, 5) is 25.4. The largest absolute Gasteiger partial charge is 0.348 e. The van der Waals surface area contributed by atoms with Crippen molar-refractivity contribution in [3.8, 4) is 0 Å². The summed E-state index contributed by atoms with van der Waals surface area (Å²) in [6.07, 6.45) is 1.41. The van der Waals surface area contributed by atoms with Crippen LogP contribution in [0.5, 0.6) is 0 Å². The predicted molar refractivity (Wildman–Crippen MR) is 86.3 cm³/mol. The number of benzene rings is 2. The standard InChI is InChI=1S/C18H20N2O2/c1-13(19-17(21)12-20-11-5-10-18(20)22)15-9-4-7-14-6-2-3-8-16(14)15/h2-4,6-9,13H,5,10-12H2,1H3,(H,19,21)/t13-/m1/s1. The molecule has 2 aromatic carbocycles. The molecule has 0 aromatic heterocycles. The Balaban J connectivity index is 1.71. The molecule has 1 atom stereocenters. The highest BCUT2D eigenvalue weighted by molar-refractivity contribution is 5.88. The third kappa shape index (κ3) is 2.96. The van der Waals surface area contributed by atoms with Crippen LogP contribution in [0.1, 0.15) is 31.4 Å². The van der Waals surface area contributed by atoms with Gasteiger partial charge in [0.1, 0.15) is 0 Å². The highest BCUT2D eigenvalue weighted by atomic mass is 16.2. The molecule has 0 bridgehead atoms. The fourth-order valence-electron chi connectivity index (χ4n) is 3.04. The van der Waals surface area contributed by atoms with Gasteiger partial charge in [0.2, 0.25) is 11.8 Å². The van der Waals surface area contributed by atoms with E-state index in [1.807, 2.05) is 31.2 Å². The fraction of sp³-hybridized carbons (Fsp3) is 0.333. The number of hydrogen-bond acceptors (Lipinski definition) is 2. The van der Waals surface area contributed by atoms with Gasteiger partial charge in [0, 0.05) is 13.0 Å². The van der Waals surface area contributed by atoms with E-state index < -0.39 is 0 Å². The Morgan fingerprint density at radius 2 is 2.00 bits per heavy atom. The molecule has 1 heterocycles. The zero-order chi connectivity index (χ0) is 15.5.